The van der Waals surface area contributed by atoms with Crippen molar-refractivity contribution in [2.45, 2.75) is 53.2 Å². The summed E-state index contributed by atoms with van der Waals surface area (Å²) in [7, 11) is 0. The van der Waals surface area contributed by atoms with E-state index in [1.54, 1.807) is 6.92 Å². The van der Waals surface area contributed by atoms with Crippen molar-refractivity contribution < 1.29 is 9.90 Å². The average molecular weight is 292 g/mol. The number of aliphatic hydroxyl groups excluding tert-OH is 1. The Morgan fingerprint density at radius 2 is 1.90 bits per heavy atom. The highest BCUT2D eigenvalue weighted by molar-refractivity contribution is 5.74. The van der Waals surface area contributed by atoms with Crippen molar-refractivity contribution in [1.29, 1.82) is 0 Å². The van der Waals surface area contributed by atoms with Crippen LogP contribution in [0.5, 0.6) is 0 Å². The first-order valence-corrected chi connectivity index (χ1v) is 7.49. The van der Waals surface area contributed by atoms with Gasteiger partial charge in [-0.1, -0.05) is 38.1 Å². The monoisotopic (exact) mass is 292 g/mol. The second-order valence-electron chi connectivity index (χ2n) is 6.62. The average Bonchev–Trinajstić information content (AvgIpc) is 2.35. The van der Waals surface area contributed by atoms with Crippen LogP contribution >= 0.6 is 0 Å². The molecule has 1 rings (SSSR count). The standard InChI is InChI=1S/C17H28N2O2/c1-12-8-6-7-9-15(12)14(3)19-16(21)18-11-17(4,5)10-13(2)20/h6-9,13-14,20H,10-11H2,1-5H3,(H2,18,19,21)/t13-,14-/m1/s1. The molecule has 0 aliphatic carbocycles. The van der Waals surface area contributed by atoms with Crippen LogP contribution in [0, 0.1) is 12.3 Å². The van der Waals surface area contributed by atoms with E-state index in [-0.39, 0.29) is 23.6 Å². The van der Waals surface area contributed by atoms with E-state index in [1.807, 2.05) is 52.0 Å². The highest BCUT2D eigenvalue weighted by Crippen LogP contribution is 2.21. The van der Waals surface area contributed by atoms with Gasteiger partial charge in [-0.25, -0.2) is 4.79 Å². The molecule has 0 aliphatic heterocycles. The molecule has 0 saturated carbocycles. The van der Waals surface area contributed by atoms with Gasteiger partial charge in [-0.15, -0.1) is 0 Å². The summed E-state index contributed by atoms with van der Waals surface area (Å²) in [4.78, 5) is 12.0. The Kier molecular flexibility index (Phi) is 6.21. The number of hydrogen-bond donors (Lipinski definition) is 3. The molecule has 0 radical (unpaired) electrons. The highest BCUT2D eigenvalue weighted by Gasteiger charge is 2.21. The molecule has 0 aliphatic rings. The Labute approximate surface area is 128 Å². The molecule has 0 spiro atoms. The summed E-state index contributed by atoms with van der Waals surface area (Å²) in [6.45, 7) is 10.4. The first-order valence-electron chi connectivity index (χ1n) is 7.49. The molecule has 21 heavy (non-hydrogen) atoms. The third-order valence-corrected chi connectivity index (χ3v) is 3.58. The van der Waals surface area contributed by atoms with Crippen LogP contribution in [0.2, 0.25) is 0 Å². The summed E-state index contributed by atoms with van der Waals surface area (Å²) < 4.78 is 0. The van der Waals surface area contributed by atoms with Crippen molar-refractivity contribution in [1.82, 2.24) is 10.6 Å². The van der Waals surface area contributed by atoms with Crippen LogP contribution in [0.3, 0.4) is 0 Å². The minimum Gasteiger partial charge on any atom is -0.393 e. The number of aliphatic hydroxyl groups is 1. The van der Waals surface area contributed by atoms with Crippen LogP contribution in [-0.2, 0) is 0 Å². The largest absolute Gasteiger partial charge is 0.393 e. The first-order chi connectivity index (χ1) is 9.71. The van der Waals surface area contributed by atoms with Gasteiger partial charge in [-0.3, -0.25) is 0 Å². The molecule has 2 amide bonds. The van der Waals surface area contributed by atoms with Gasteiger partial charge in [-0.05, 0) is 43.7 Å². The van der Waals surface area contributed by atoms with Crippen LogP contribution in [0.15, 0.2) is 24.3 Å². The maximum absolute atomic E-state index is 12.0. The van der Waals surface area contributed by atoms with E-state index in [0.29, 0.717) is 13.0 Å². The van der Waals surface area contributed by atoms with Gasteiger partial charge in [-0.2, -0.15) is 0 Å². The van der Waals surface area contributed by atoms with E-state index >= 15 is 0 Å². The lowest BCUT2D eigenvalue weighted by molar-refractivity contribution is 0.128. The Morgan fingerprint density at radius 1 is 1.29 bits per heavy atom. The SMILES string of the molecule is Cc1ccccc1[C@@H](C)NC(=O)NCC(C)(C)C[C@@H](C)O. The van der Waals surface area contributed by atoms with Crippen LogP contribution in [-0.4, -0.2) is 23.8 Å². The molecule has 4 heteroatoms. The van der Waals surface area contributed by atoms with Gasteiger partial charge in [0, 0.05) is 6.54 Å². The van der Waals surface area contributed by atoms with Crippen molar-refractivity contribution in [3.05, 3.63) is 35.4 Å². The van der Waals surface area contributed by atoms with Crippen molar-refractivity contribution in [2.24, 2.45) is 5.41 Å². The lowest BCUT2D eigenvalue weighted by Gasteiger charge is -2.27. The summed E-state index contributed by atoms with van der Waals surface area (Å²) in [6, 6.07) is 7.82. The Hall–Kier alpha value is -1.55. The van der Waals surface area contributed by atoms with Gasteiger partial charge >= 0.3 is 6.03 Å². The quantitative estimate of drug-likeness (QED) is 0.754. The molecule has 4 nitrogen and oxygen atoms in total. The van der Waals surface area contributed by atoms with E-state index in [0.717, 1.165) is 5.56 Å². The lowest BCUT2D eigenvalue weighted by atomic mass is 9.87. The molecule has 0 bridgehead atoms. The summed E-state index contributed by atoms with van der Waals surface area (Å²) in [6.07, 6.45) is 0.288. The van der Waals surface area contributed by atoms with E-state index in [2.05, 4.69) is 10.6 Å². The number of hydrogen-bond acceptors (Lipinski definition) is 2. The van der Waals surface area contributed by atoms with Gasteiger partial charge in [0.2, 0.25) is 0 Å². The highest BCUT2D eigenvalue weighted by atomic mass is 16.3. The summed E-state index contributed by atoms with van der Waals surface area (Å²) in [5, 5.41) is 15.3. The fourth-order valence-corrected chi connectivity index (χ4v) is 2.59. The predicted octanol–water partition coefficient (Wildman–Crippen LogP) is 3.15. The first kappa shape index (κ1) is 17.5. The zero-order valence-corrected chi connectivity index (χ0v) is 13.7. The number of benzene rings is 1. The Balaban J connectivity index is 2.49. The molecule has 0 heterocycles. The number of urea groups is 1. The summed E-state index contributed by atoms with van der Waals surface area (Å²) in [5.41, 5.74) is 2.16. The number of carbonyl (C=O) groups excluding carboxylic acids is 1. The molecule has 118 valence electrons. The Bertz CT molecular complexity index is 470. The molecule has 0 fully saturated rings. The number of rotatable bonds is 6. The van der Waals surface area contributed by atoms with Gasteiger partial charge in [0.25, 0.3) is 0 Å². The van der Waals surface area contributed by atoms with Crippen molar-refractivity contribution in [3.8, 4) is 0 Å². The fraction of sp³-hybridized carbons (Fsp3) is 0.588. The van der Waals surface area contributed by atoms with Crippen molar-refractivity contribution >= 4 is 6.03 Å². The summed E-state index contributed by atoms with van der Waals surface area (Å²) >= 11 is 0. The third kappa shape index (κ3) is 6.17. The summed E-state index contributed by atoms with van der Waals surface area (Å²) in [5.74, 6) is 0. The van der Waals surface area contributed by atoms with E-state index in [1.165, 1.54) is 5.56 Å². The van der Waals surface area contributed by atoms with E-state index in [9.17, 15) is 9.90 Å². The van der Waals surface area contributed by atoms with Crippen LogP contribution < -0.4 is 10.6 Å². The number of aryl methyl sites for hydroxylation is 1. The zero-order valence-electron chi connectivity index (χ0n) is 13.7. The molecular weight excluding hydrogens is 264 g/mol. The predicted molar refractivity (Wildman–Crippen MR) is 86.2 cm³/mol. The van der Waals surface area contributed by atoms with Crippen LogP contribution in [0.1, 0.15) is 51.3 Å². The maximum Gasteiger partial charge on any atom is 0.315 e. The van der Waals surface area contributed by atoms with Gasteiger partial charge in [0.15, 0.2) is 0 Å². The molecule has 0 aromatic heterocycles. The zero-order chi connectivity index (χ0) is 16.0. The molecule has 1 aromatic rings. The van der Waals surface area contributed by atoms with Gasteiger partial charge in [0.05, 0.1) is 12.1 Å². The molecule has 3 N–H and O–H groups in total. The van der Waals surface area contributed by atoms with Crippen molar-refractivity contribution in [2.75, 3.05) is 6.54 Å². The molecule has 2 atom stereocenters. The minimum absolute atomic E-state index is 0.0360. The van der Waals surface area contributed by atoms with Crippen molar-refractivity contribution in [3.63, 3.8) is 0 Å². The number of amides is 2. The van der Waals surface area contributed by atoms with E-state index < -0.39 is 0 Å². The van der Waals surface area contributed by atoms with E-state index in [4.69, 9.17) is 0 Å². The molecular formula is C17H28N2O2. The van der Waals surface area contributed by atoms with Crippen LogP contribution in [0.4, 0.5) is 4.79 Å². The maximum atomic E-state index is 12.0. The number of carbonyl (C=O) groups is 1. The smallest absolute Gasteiger partial charge is 0.315 e. The molecule has 1 aromatic carbocycles. The Morgan fingerprint density at radius 3 is 2.48 bits per heavy atom. The second-order valence-corrected chi connectivity index (χ2v) is 6.62. The minimum atomic E-state index is -0.365. The number of nitrogens with one attached hydrogen (secondary N) is 2. The van der Waals surface area contributed by atoms with Gasteiger partial charge < -0.3 is 15.7 Å². The normalized spacial score (nSPS) is 14.4. The molecule has 0 saturated heterocycles. The lowest BCUT2D eigenvalue weighted by Crippen LogP contribution is -2.42. The third-order valence-electron chi connectivity index (χ3n) is 3.58. The van der Waals surface area contributed by atoms with Gasteiger partial charge in [0.1, 0.15) is 0 Å². The topological polar surface area (TPSA) is 61.4 Å². The van der Waals surface area contributed by atoms with Crippen LogP contribution in [0.25, 0.3) is 0 Å². The fourth-order valence-electron chi connectivity index (χ4n) is 2.59. The second kappa shape index (κ2) is 7.46. The molecule has 0 unspecified atom stereocenters.